The van der Waals surface area contributed by atoms with Crippen molar-refractivity contribution in [3.63, 3.8) is 0 Å². The van der Waals surface area contributed by atoms with Crippen molar-refractivity contribution < 1.29 is 22.7 Å². The minimum Gasteiger partial charge on any atom is -0.497 e. The van der Waals surface area contributed by atoms with Crippen LogP contribution in [0.15, 0.2) is 48.5 Å². The molecule has 0 spiro atoms. The lowest BCUT2D eigenvalue weighted by atomic mass is 9.96. The van der Waals surface area contributed by atoms with Crippen molar-refractivity contribution in [3.05, 3.63) is 54.1 Å². The molecule has 1 amide bonds. The van der Waals surface area contributed by atoms with Crippen molar-refractivity contribution in [2.45, 2.75) is 39.3 Å². The van der Waals surface area contributed by atoms with Crippen LogP contribution in [0, 0.1) is 5.92 Å². The molecule has 170 valence electrons. The second-order valence-electron chi connectivity index (χ2n) is 7.95. The molecule has 2 atom stereocenters. The predicted octanol–water partition coefficient (Wildman–Crippen LogP) is 3.76. The summed E-state index contributed by atoms with van der Waals surface area (Å²) < 4.78 is 35.5. The van der Waals surface area contributed by atoms with Crippen LogP contribution in [-0.2, 0) is 14.8 Å². The number of benzene rings is 2. The normalized spacial score (nSPS) is 13.4. The van der Waals surface area contributed by atoms with Crippen LogP contribution in [0.5, 0.6) is 11.5 Å². The summed E-state index contributed by atoms with van der Waals surface area (Å²) in [5, 5.41) is 3.08. The smallest absolute Gasteiger partial charge is 0.261 e. The van der Waals surface area contributed by atoms with Crippen LogP contribution in [0.2, 0.25) is 0 Å². The molecular formula is C23H32N2O5S. The number of carbonyl (C=O) groups is 1. The second kappa shape index (κ2) is 10.5. The molecule has 2 rings (SSSR count). The van der Waals surface area contributed by atoms with E-state index in [1.807, 2.05) is 24.3 Å². The molecule has 0 heterocycles. The predicted molar refractivity (Wildman–Crippen MR) is 123 cm³/mol. The van der Waals surface area contributed by atoms with Crippen molar-refractivity contribution >= 4 is 21.6 Å². The second-order valence-corrected chi connectivity index (χ2v) is 9.96. The van der Waals surface area contributed by atoms with Gasteiger partial charge in [0.25, 0.3) is 5.91 Å². The van der Waals surface area contributed by atoms with Gasteiger partial charge in [0.05, 0.1) is 25.1 Å². The Morgan fingerprint density at radius 1 is 1.00 bits per heavy atom. The number of carbonyl (C=O) groups excluding carboxylic acids is 1. The average molecular weight is 449 g/mol. The zero-order valence-corrected chi connectivity index (χ0v) is 19.8. The summed E-state index contributed by atoms with van der Waals surface area (Å²) in [5.74, 6) is 1.42. The number of amides is 1. The minimum atomic E-state index is -3.34. The molecule has 0 aliphatic carbocycles. The Bertz CT molecular complexity index is 956. The molecular weight excluding hydrogens is 416 g/mol. The molecule has 0 aromatic heterocycles. The number of rotatable bonds is 10. The fourth-order valence-corrected chi connectivity index (χ4v) is 3.56. The van der Waals surface area contributed by atoms with Crippen LogP contribution >= 0.6 is 0 Å². The molecule has 0 radical (unpaired) electrons. The van der Waals surface area contributed by atoms with Crippen LogP contribution in [0.1, 0.15) is 38.8 Å². The summed E-state index contributed by atoms with van der Waals surface area (Å²) in [5.41, 5.74) is 1.52. The Morgan fingerprint density at radius 3 is 2.03 bits per heavy atom. The van der Waals surface area contributed by atoms with E-state index >= 15 is 0 Å². The third-order valence-electron chi connectivity index (χ3n) is 4.92. The van der Waals surface area contributed by atoms with Gasteiger partial charge in [-0.3, -0.25) is 9.10 Å². The maximum atomic E-state index is 12.8. The number of hydrogen-bond donors (Lipinski definition) is 1. The Balaban J connectivity index is 2.06. The van der Waals surface area contributed by atoms with Gasteiger partial charge in [0.15, 0.2) is 6.10 Å². The number of sulfonamides is 1. The van der Waals surface area contributed by atoms with Crippen LogP contribution < -0.4 is 19.1 Å². The summed E-state index contributed by atoms with van der Waals surface area (Å²) in [6.07, 6.45) is 1.21. The van der Waals surface area contributed by atoms with Crippen molar-refractivity contribution in [1.82, 2.24) is 5.32 Å². The molecule has 0 aliphatic rings. The van der Waals surface area contributed by atoms with Crippen LogP contribution in [0.4, 0.5) is 5.69 Å². The van der Waals surface area contributed by atoms with E-state index in [1.54, 1.807) is 38.3 Å². The Morgan fingerprint density at radius 2 is 1.55 bits per heavy atom. The van der Waals surface area contributed by atoms with Gasteiger partial charge in [-0.2, -0.15) is 0 Å². The van der Waals surface area contributed by atoms with Gasteiger partial charge in [-0.15, -0.1) is 0 Å². The molecule has 0 saturated carbocycles. The molecule has 0 bridgehead atoms. The number of nitrogens with one attached hydrogen (secondary N) is 1. The highest BCUT2D eigenvalue weighted by Gasteiger charge is 2.21. The lowest BCUT2D eigenvalue weighted by Crippen LogP contribution is -2.39. The maximum absolute atomic E-state index is 12.8. The topological polar surface area (TPSA) is 84.9 Å². The molecule has 2 aromatic rings. The zero-order chi connectivity index (χ0) is 23.2. The minimum absolute atomic E-state index is 0.143. The first-order valence-corrected chi connectivity index (χ1v) is 12.0. The summed E-state index contributed by atoms with van der Waals surface area (Å²) in [4.78, 5) is 12.8. The standard InChI is InChI=1S/C23H32N2O5S/c1-16(2)15-22(18-7-11-20(29-5)12-8-18)24-23(26)17(3)30-21-13-9-19(10-14-21)25(4)31(6,27)28/h7-14,16-17,22H,15H2,1-6H3,(H,24,26)/t17-,22+/m1/s1. The SMILES string of the molecule is COc1ccc([C@H](CC(C)C)NC(=O)[C@@H](C)Oc2ccc(N(C)S(C)(=O)=O)cc2)cc1. The molecule has 0 fully saturated rings. The lowest BCUT2D eigenvalue weighted by molar-refractivity contribution is -0.128. The van der Waals surface area contributed by atoms with E-state index in [1.165, 1.54) is 11.4 Å². The highest BCUT2D eigenvalue weighted by Crippen LogP contribution is 2.25. The number of nitrogens with zero attached hydrogens (tertiary/aromatic N) is 1. The quantitative estimate of drug-likeness (QED) is 0.598. The molecule has 0 unspecified atom stereocenters. The van der Waals surface area contributed by atoms with Gasteiger partial charge in [-0.25, -0.2) is 8.42 Å². The first-order chi connectivity index (χ1) is 14.5. The number of methoxy groups -OCH3 is 1. The Labute approximate surface area is 185 Å². The fraction of sp³-hybridized carbons (Fsp3) is 0.435. The number of ether oxygens (including phenoxy) is 2. The molecule has 7 nitrogen and oxygen atoms in total. The van der Waals surface area contributed by atoms with Gasteiger partial charge >= 0.3 is 0 Å². The van der Waals surface area contributed by atoms with Gasteiger partial charge in [-0.05, 0) is 61.2 Å². The molecule has 0 saturated heterocycles. The fourth-order valence-electron chi connectivity index (χ4n) is 3.06. The van der Waals surface area contributed by atoms with Crippen LogP contribution in [0.25, 0.3) is 0 Å². The van der Waals surface area contributed by atoms with Crippen molar-refractivity contribution in [3.8, 4) is 11.5 Å². The van der Waals surface area contributed by atoms with E-state index in [0.717, 1.165) is 24.0 Å². The third-order valence-corrected chi connectivity index (χ3v) is 6.13. The summed E-state index contributed by atoms with van der Waals surface area (Å²) >= 11 is 0. The monoisotopic (exact) mass is 448 g/mol. The lowest BCUT2D eigenvalue weighted by Gasteiger charge is -2.24. The summed E-state index contributed by atoms with van der Waals surface area (Å²) in [7, 11) is -0.239. The largest absolute Gasteiger partial charge is 0.497 e. The molecule has 8 heteroatoms. The van der Waals surface area contributed by atoms with Gasteiger partial charge in [0, 0.05) is 7.05 Å². The maximum Gasteiger partial charge on any atom is 0.261 e. The highest BCUT2D eigenvalue weighted by molar-refractivity contribution is 7.92. The first kappa shape index (κ1) is 24.5. The van der Waals surface area contributed by atoms with Crippen molar-refractivity contribution in [2.75, 3.05) is 24.7 Å². The average Bonchev–Trinajstić information content (AvgIpc) is 2.72. The molecule has 0 aliphatic heterocycles. The summed E-state index contributed by atoms with van der Waals surface area (Å²) in [6.45, 7) is 5.90. The Kier molecular flexibility index (Phi) is 8.33. The zero-order valence-electron chi connectivity index (χ0n) is 19.0. The molecule has 31 heavy (non-hydrogen) atoms. The molecule has 2 aromatic carbocycles. The van der Waals surface area contributed by atoms with E-state index in [-0.39, 0.29) is 11.9 Å². The van der Waals surface area contributed by atoms with E-state index in [2.05, 4.69) is 19.2 Å². The van der Waals surface area contributed by atoms with Crippen LogP contribution in [0.3, 0.4) is 0 Å². The summed E-state index contributed by atoms with van der Waals surface area (Å²) in [6, 6.07) is 14.1. The van der Waals surface area contributed by atoms with Gasteiger partial charge in [0.2, 0.25) is 10.0 Å². The van der Waals surface area contributed by atoms with E-state index in [0.29, 0.717) is 17.4 Å². The van der Waals surface area contributed by atoms with E-state index in [9.17, 15) is 13.2 Å². The van der Waals surface area contributed by atoms with Crippen LogP contribution in [-0.4, -0.2) is 40.8 Å². The van der Waals surface area contributed by atoms with Crippen molar-refractivity contribution in [1.29, 1.82) is 0 Å². The third kappa shape index (κ3) is 7.17. The van der Waals surface area contributed by atoms with E-state index in [4.69, 9.17) is 9.47 Å². The Hall–Kier alpha value is -2.74. The number of hydrogen-bond acceptors (Lipinski definition) is 5. The number of anilines is 1. The van der Waals surface area contributed by atoms with E-state index < -0.39 is 16.1 Å². The highest BCUT2D eigenvalue weighted by atomic mass is 32.2. The molecule has 1 N–H and O–H groups in total. The van der Waals surface area contributed by atoms with Gasteiger partial charge < -0.3 is 14.8 Å². The first-order valence-electron chi connectivity index (χ1n) is 10.2. The van der Waals surface area contributed by atoms with Gasteiger partial charge in [0.1, 0.15) is 11.5 Å². The van der Waals surface area contributed by atoms with Gasteiger partial charge in [-0.1, -0.05) is 26.0 Å². The van der Waals surface area contributed by atoms with Crippen molar-refractivity contribution in [2.24, 2.45) is 5.92 Å².